The van der Waals surface area contributed by atoms with E-state index < -0.39 is 8.07 Å². The lowest BCUT2D eigenvalue weighted by Crippen LogP contribution is -2.37. The number of nitrogens with zero attached hydrogens (tertiary/aromatic N) is 4. The summed E-state index contributed by atoms with van der Waals surface area (Å²) in [6.07, 6.45) is 1.95. The van der Waals surface area contributed by atoms with Crippen molar-refractivity contribution in [2.75, 3.05) is 16.5 Å². The lowest BCUT2D eigenvalue weighted by molar-refractivity contribution is 0.483. The van der Waals surface area contributed by atoms with E-state index in [9.17, 15) is 0 Å². The number of para-hydroxylation sites is 2. The van der Waals surface area contributed by atoms with Crippen molar-refractivity contribution in [3.63, 3.8) is 0 Å². The molecular weight excluding hydrogens is 705 g/mol. The lowest BCUT2D eigenvalue weighted by atomic mass is 9.87. The van der Waals surface area contributed by atoms with E-state index in [1.807, 2.05) is 18.3 Å². The number of anilines is 4. The van der Waals surface area contributed by atoms with Crippen molar-refractivity contribution in [2.24, 2.45) is 0 Å². The van der Waals surface area contributed by atoms with Gasteiger partial charge in [-0.3, -0.25) is 4.57 Å². The molecule has 3 aromatic heterocycles. The Kier molecular flexibility index (Phi) is 7.70. The summed E-state index contributed by atoms with van der Waals surface area (Å²) in [6.45, 7) is 14.6. The van der Waals surface area contributed by atoms with Crippen molar-refractivity contribution >= 4 is 79.8 Å². The fourth-order valence-electron chi connectivity index (χ4n) is 8.21. The van der Waals surface area contributed by atoms with Crippen molar-refractivity contribution in [3.05, 3.63) is 151 Å². The molecule has 0 atom stereocenters. The van der Waals surface area contributed by atoms with Crippen molar-refractivity contribution in [1.29, 1.82) is 0 Å². The van der Waals surface area contributed by atoms with E-state index in [-0.39, 0.29) is 5.41 Å². The fourth-order valence-corrected chi connectivity index (χ4v) is 9.35. The van der Waals surface area contributed by atoms with E-state index in [0.29, 0.717) is 6.67 Å². The molecule has 0 aliphatic carbocycles. The Balaban J connectivity index is 1.07. The van der Waals surface area contributed by atoms with Gasteiger partial charge in [0.25, 0.3) is 0 Å². The van der Waals surface area contributed by atoms with Gasteiger partial charge in [0.2, 0.25) is 0 Å². The van der Waals surface area contributed by atoms with Crippen LogP contribution in [0.3, 0.4) is 0 Å². The highest BCUT2D eigenvalue weighted by Gasteiger charge is 2.29. The van der Waals surface area contributed by atoms with Crippen molar-refractivity contribution in [3.8, 4) is 17.3 Å². The first-order valence-electron chi connectivity index (χ1n) is 19.4. The van der Waals surface area contributed by atoms with Crippen LogP contribution in [0.2, 0.25) is 19.6 Å². The number of pyridine rings is 1. The van der Waals surface area contributed by atoms with Gasteiger partial charge in [0.05, 0.1) is 30.4 Å². The van der Waals surface area contributed by atoms with E-state index >= 15 is 0 Å². The highest BCUT2D eigenvalue weighted by atomic mass is 28.3. The van der Waals surface area contributed by atoms with E-state index in [4.69, 9.17) is 14.1 Å². The van der Waals surface area contributed by atoms with E-state index in [0.717, 1.165) is 61.4 Å². The summed E-state index contributed by atoms with van der Waals surface area (Å²) in [7, 11) is -1.64. The summed E-state index contributed by atoms with van der Waals surface area (Å²) >= 11 is 0. The first-order chi connectivity index (χ1) is 27.0. The molecule has 276 valence electrons. The Morgan fingerprint density at radius 2 is 1.38 bits per heavy atom. The normalized spacial score (nSPS) is 13.4. The summed E-state index contributed by atoms with van der Waals surface area (Å²) in [4.78, 5) is 9.75. The average molecular weight is 749 g/mol. The molecule has 6 nitrogen and oxygen atoms in total. The van der Waals surface area contributed by atoms with Crippen molar-refractivity contribution in [2.45, 2.75) is 45.8 Å². The van der Waals surface area contributed by atoms with Crippen LogP contribution in [0.1, 0.15) is 26.3 Å². The maximum atomic E-state index is 6.74. The van der Waals surface area contributed by atoms with Crippen LogP contribution in [0.25, 0.3) is 49.6 Å². The molecule has 7 heteroatoms. The molecule has 0 spiro atoms. The number of hydrogen-bond acceptors (Lipinski definition) is 5. The summed E-state index contributed by atoms with van der Waals surface area (Å²) in [5.41, 5.74) is 9.72. The minimum Gasteiger partial charge on any atom is -0.457 e. The minimum absolute atomic E-state index is 0.0613. The quantitative estimate of drug-likeness (QED) is 0.158. The van der Waals surface area contributed by atoms with Gasteiger partial charge < -0.3 is 19.0 Å². The third-order valence-electron chi connectivity index (χ3n) is 11.2. The fraction of sp³-hybridized carbons (Fsp3) is 0.163. The molecule has 9 aromatic rings. The first-order valence-corrected chi connectivity index (χ1v) is 22.9. The molecule has 10 rings (SSSR count). The van der Waals surface area contributed by atoms with Crippen molar-refractivity contribution in [1.82, 2.24) is 9.55 Å². The second-order valence-electron chi connectivity index (χ2n) is 17.0. The van der Waals surface area contributed by atoms with Gasteiger partial charge >= 0.3 is 0 Å². The summed E-state index contributed by atoms with van der Waals surface area (Å²) in [5, 5.41) is 5.80. The molecule has 0 saturated carbocycles. The average Bonchev–Trinajstić information content (AvgIpc) is 3.87. The summed E-state index contributed by atoms with van der Waals surface area (Å²) in [6, 6.07) is 49.5. The topological polar surface area (TPSA) is 46.7 Å². The smallest absolute Gasteiger partial charge is 0.161 e. The van der Waals surface area contributed by atoms with E-state index in [2.05, 4.69) is 182 Å². The third-order valence-corrected chi connectivity index (χ3v) is 13.3. The second-order valence-corrected chi connectivity index (χ2v) is 22.1. The van der Waals surface area contributed by atoms with Crippen LogP contribution >= 0.6 is 0 Å². The Hall–Kier alpha value is -6.31. The largest absolute Gasteiger partial charge is 0.457 e. The Bertz CT molecular complexity index is 2980. The highest BCUT2D eigenvalue weighted by Crippen LogP contribution is 2.46. The number of fused-ring (bicyclic) bond motifs is 8. The lowest BCUT2D eigenvalue weighted by Gasteiger charge is -2.25. The second kappa shape index (κ2) is 12.6. The minimum atomic E-state index is -1.64. The van der Waals surface area contributed by atoms with Crippen LogP contribution in [0.5, 0.6) is 11.5 Å². The van der Waals surface area contributed by atoms with Gasteiger partial charge in [0, 0.05) is 35.1 Å². The van der Waals surface area contributed by atoms with Crippen LogP contribution in [-0.2, 0) is 5.41 Å². The standard InChI is InChI=1S/C49H44N4O2Si/c1-49(2,3)33-14-11-15-34(27-33)51-31-52(42-20-10-9-19-41(42)51)35-16-12-17-36(28-35)54-37-22-23-40-43(29-37)53(45-30-38(25-26-50-45)56(4,5)6)47-46-39-18-8-7-13-32(39)21-24-44(46)55-48(40)47/h7-30H,31H2,1-6H3. The Morgan fingerprint density at radius 1 is 0.661 bits per heavy atom. The number of aromatic nitrogens is 2. The van der Waals surface area contributed by atoms with Crippen LogP contribution in [0.15, 0.2) is 150 Å². The van der Waals surface area contributed by atoms with Gasteiger partial charge in [-0.25, -0.2) is 4.98 Å². The molecular formula is C49H44N4O2Si. The monoisotopic (exact) mass is 748 g/mol. The number of ether oxygens (including phenoxy) is 1. The van der Waals surface area contributed by atoms with Gasteiger partial charge in [-0.1, -0.05) is 106 Å². The van der Waals surface area contributed by atoms with Crippen LogP contribution in [-0.4, -0.2) is 24.3 Å². The third kappa shape index (κ3) is 5.65. The van der Waals surface area contributed by atoms with Gasteiger partial charge in [0.1, 0.15) is 35.1 Å². The zero-order chi connectivity index (χ0) is 38.3. The van der Waals surface area contributed by atoms with Gasteiger partial charge in [-0.2, -0.15) is 0 Å². The number of rotatable bonds is 6. The number of hydrogen-bond donors (Lipinski definition) is 0. The predicted molar refractivity (Wildman–Crippen MR) is 236 cm³/mol. The maximum Gasteiger partial charge on any atom is 0.161 e. The molecule has 0 radical (unpaired) electrons. The molecule has 0 fully saturated rings. The van der Waals surface area contributed by atoms with Crippen LogP contribution < -0.4 is 19.7 Å². The van der Waals surface area contributed by atoms with Crippen molar-refractivity contribution < 1.29 is 9.15 Å². The number of benzene rings is 6. The highest BCUT2D eigenvalue weighted by molar-refractivity contribution is 6.88. The molecule has 0 saturated heterocycles. The first kappa shape index (κ1) is 34.2. The maximum absolute atomic E-state index is 6.74. The molecule has 56 heavy (non-hydrogen) atoms. The molecule has 1 aliphatic heterocycles. The SMILES string of the molecule is CC(C)(C)c1cccc(N2CN(c3cccc(Oc4ccc5c6oc7ccc8ccccc8c7c6n(-c6cc([Si](C)(C)C)ccn6)c5c4)c3)c3ccccc32)c1. The molecule has 6 aromatic carbocycles. The Morgan fingerprint density at radius 3 is 2.14 bits per heavy atom. The van der Waals surface area contributed by atoms with E-state index in [1.54, 1.807) is 0 Å². The Labute approximate surface area is 328 Å². The van der Waals surface area contributed by atoms with Gasteiger partial charge in [-0.05, 0) is 88.5 Å². The molecule has 1 aliphatic rings. The van der Waals surface area contributed by atoms with Crippen LogP contribution in [0, 0.1) is 0 Å². The molecule has 0 bridgehead atoms. The van der Waals surface area contributed by atoms with Crippen LogP contribution in [0.4, 0.5) is 22.7 Å². The van der Waals surface area contributed by atoms with E-state index in [1.165, 1.54) is 33.2 Å². The molecule has 0 amide bonds. The zero-order valence-electron chi connectivity index (χ0n) is 32.7. The van der Waals surface area contributed by atoms with Gasteiger partial charge in [-0.15, -0.1) is 0 Å². The summed E-state index contributed by atoms with van der Waals surface area (Å²) in [5.74, 6) is 2.39. The summed E-state index contributed by atoms with van der Waals surface area (Å²) < 4.78 is 15.7. The molecule has 0 N–H and O–H groups in total. The zero-order valence-corrected chi connectivity index (χ0v) is 33.7. The predicted octanol–water partition coefficient (Wildman–Crippen LogP) is 13.0. The molecule has 0 unspecified atom stereocenters. The molecule has 4 heterocycles. The van der Waals surface area contributed by atoms with Gasteiger partial charge in [0.15, 0.2) is 5.58 Å². The number of furan rings is 1.